The highest BCUT2D eigenvalue weighted by atomic mass is 16.5. The highest BCUT2D eigenvalue weighted by Crippen LogP contribution is 2.26. The summed E-state index contributed by atoms with van der Waals surface area (Å²) < 4.78 is 15.9. The number of Topliss-reactive ketones (excluding diaryl/α,β-unsaturated/α-hetero) is 1. The summed E-state index contributed by atoms with van der Waals surface area (Å²) in [5.74, 6) is -0.893. The number of amides is 1. The number of esters is 2. The van der Waals surface area contributed by atoms with Crippen LogP contribution in [0, 0.1) is 19.3 Å². The van der Waals surface area contributed by atoms with Gasteiger partial charge in [-0.15, -0.1) is 0 Å². The molecule has 0 spiro atoms. The van der Waals surface area contributed by atoms with E-state index in [0.717, 1.165) is 16.9 Å². The quantitative estimate of drug-likeness (QED) is 0.219. The fourth-order valence-corrected chi connectivity index (χ4v) is 3.36. The molecule has 2 rings (SSSR count). The molecule has 2 aromatic carbocycles. The van der Waals surface area contributed by atoms with Gasteiger partial charge in [-0.05, 0) is 56.0 Å². The Kier molecular flexibility index (Phi) is 9.57. The van der Waals surface area contributed by atoms with Crippen LogP contribution in [0.25, 0.3) is 0 Å². The number of rotatable bonds is 11. The minimum Gasteiger partial charge on any atom is -0.493 e. The van der Waals surface area contributed by atoms with E-state index in [1.54, 1.807) is 0 Å². The number of hydrogen-bond donors (Lipinski definition) is 1. The fourth-order valence-electron chi connectivity index (χ4n) is 3.36. The predicted molar refractivity (Wildman–Crippen MR) is 131 cm³/mol. The second kappa shape index (κ2) is 12.1. The Bertz CT molecular complexity index is 1070. The Labute approximate surface area is 205 Å². The lowest BCUT2D eigenvalue weighted by Crippen LogP contribution is -2.39. The van der Waals surface area contributed by atoms with Gasteiger partial charge in [-0.2, -0.15) is 0 Å². The number of carbonyl (C=O) groups excluding carboxylic acids is 4. The van der Waals surface area contributed by atoms with Gasteiger partial charge in [0.05, 0.1) is 13.2 Å². The first-order valence-electron chi connectivity index (χ1n) is 11.4. The monoisotopic (exact) mass is 483 g/mol. The molecule has 0 atom stereocenters. The highest BCUT2D eigenvalue weighted by molar-refractivity contribution is 6.00. The largest absolute Gasteiger partial charge is 0.493 e. The summed E-state index contributed by atoms with van der Waals surface area (Å²) in [7, 11) is 0. The third-order valence-electron chi connectivity index (χ3n) is 5.30. The highest BCUT2D eigenvalue weighted by Gasteiger charge is 2.27. The summed E-state index contributed by atoms with van der Waals surface area (Å²) in [6.45, 7) is 10.3. The molecule has 35 heavy (non-hydrogen) atoms. The SMILES string of the molecule is CC(=O)Oc1cc(OC(C)=O)cc(C(=O)CNC(=O)C(C)(C)CCCOc2cc(C)ccc2C)c1. The lowest BCUT2D eigenvalue weighted by molar-refractivity contribution is -0.132. The number of benzene rings is 2. The maximum Gasteiger partial charge on any atom is 0.308 e. The van der Waals surface area contributed by atoms with Gasteiger partial charge in [0.25, 0.3) is 0 Å². The second-order valence-corrected chi connectivity index (χ2v) is 9.09. The molecule has 0 unspecified atom stereocenters. The van der Waals surface area contributed by atoms with Crippen molar-refractivity contribution in [2.75, 3.05) is 13.2 Å². The van der Waals surface area contributed by atoms with Gasteiger partial charge in [0, 0.05) is 30.9 Å². The average Bonchev–Trinajstić information content (AvgIpc) is 2.75. The topological polar surface area (TPSA) is 108 Å². The van der Waals surface area contributed by atoms with Crippen LogP contribution in [0.4, 0.5) is 0 Å². The molecule has 0 saturated heterocycles. The summed E-state index contributed by atoms with van der Waals surface area (Å²) in [6, 6.07) is 10.1. The molecular formula is C27H33NO7. The molecule has 188 valence electrons. The number of ether oxygens (including phenoxy) is 3. The van der Waals surface area contributed by atoms with Crippen LogP contribution in [0.2, 0.25) is 0 Å². The number of nitrogens with one attached hydrogen (secondary N) is 1. The van der Waals surface area contributed by atoms with E-state index in [1.807, 2.05) is 45.9 Å². The van der Waals surface area contributed by atoms with Gasteiger partial charge in [-0.3, -0.25) is 19.2 Å². The van der Waals surface area contributed by atoms with Crippen molar-refractivity contribution in [3.05, 3.63) is 53.1 Å². The lowest BCUT2D eigenvalue weighted by atomic mass is 9.87. The summed E-state index contributed by atoms with van der Waals surface area (Å²) >= 11 is 0. The Hall–Kier alpha value is -3.68. The van der Waals surface area contributed by atoms with Crippen LogP contribution in [0.15, 0.2) is 36.4 Å². The van der Waals surface area contributed by atoms with Crippen molar-refractivity contribution in [2.24, 2.45) is 5.41 Å². The zero-order valence-electron chi connectivity index (χ0n) is 21.2. The maximum atomic E-state index is 12.7. The van der Waals surface area contributed by atoms with Crippen molar-refractivity contribution in [2.45, 2.75) is 54.4 Å². The first kappa shape index (κ1) is 27.6. The van der Waals surface area contributed by atoms with Gasteiger partial charge in [0.15, 0.2) is 5.78 Å². The van der Waals surface area contributed by atoms with Crippen LogP contribution in [-0.2, 0) is 14.4 Å². The Balaban J connectivity index is 1.93. The molecule has 0 fully saturated rings. The van der Waals surface area contributed by atoms with E-state index in [0.29, 0.717) is 19.4 Å². The molecule has 8 heteroatoms. The van der Waals surface area contributed by atoms with E-state index < -0.39 is 23.1 Å². The molecule has 0 aliphatic heterocycles. The molecule has 0 radical (unpaired) electrons. The van der Waals surface area contributed by atoms with E-state index in [-0.39, 0.29) is 29.5 Å². The summed E-state index contributed by atoms with van der Waals surface area (Å²) in [6.07, 6.45) is 1.23. The molecule has 0 heterocycles. The minimum absolute atomic E-state index is 0.0649. The van der Waals surface area contributed by atoms with Crippen LogP contribution in [0.5, 0.6) is 17.2 Å². The van der Waals surface area contributed by atoms with Crippen molar-refractivity contribution in [3.63, 3.8) is 0 Å². The molecule has 2 aromatic rings. The maximum absolute atomic E-state index is 12.7. The van der Waals surface area contributed by atoms with E-state index >= 15 is 0 Å². The number of carbonyl (C=O) groups is 4. The van der Waals surface area contributed by atoms with Gasteiger partial charge in [-0.1, -0.05) is 26.0 Å². The summed E-state index contributed by atoms with van der Waals surface area (Å²) in [5, 5.41) is 2.67. The van der Waals surface area contributed by atoms with Crippen molar-refractivity contribution >= 4 is 23.6 Å². The summed E-state index contributed by atoms with van der Waals surface area (Å²) in [5.41, 5.74) is 1.60. The Morgan fingerprint density at radius 2 is 1.49 bits per heavy atom. The van der Waals surface area contributed by atoms with Crippen molar-refractivity contribution in [1.29, 1.82) is 0 Å². The third-order valence-corrected chi connectivity index (χ3v) is 5.30. The standard InChI is InChI=1S/C27H33NO7/c1-17-8-9-18(2)25(12-17)33-11-7-10-27(5,6)26(32)28-16-24(31)21-13-22(34-19(3)29)15-23(14-21)35-20(4)30/h8-9,12-15H,7,10-11,16H2,1-6H3,(H,28,32). The van der Waals surface area contributed by atoms with Crippen LogP contribution in [0.3, 0.4) is 0 Å². The lowest BCUT2D eigenvalue weighted by Gasteiger charge is -2.23. The molecule has 1 amide bonds. The molecule has 0 aliphatic carbocycles. The van der Waals surface area contributed by atoms with Crippen molar-refractivity contribution < 1.29 is 33.4 Å². The Morgan fingerprint density at radius 1 is 0.886 bits per heavy atom. The molecule has 0 bridgehead atoms. The zero-order chi connectivity index (χ0) is 26.2. The molecule has 8 nitrogen and oxygen atoms in total. The summed E-state index contributed by atoms with van der Waals surface area (Å²) in [4.78, 5) is 48.0. The van der Waals surface area contributed by atoms with Crippen LogP contribution >= 0.6 is 0 Å². The van der Waals surface area contributed by atoms with Gasteiger partial charge in [0.1, 0.15) is 17.2 Å². The first-order chi connectivity index (χ1) is 16.4. The van der Waals surface area contributed by atoms with Gasteiger partial charge < -0.3 is 19.5 Å². The molecule has 0 aliphatic rings. The van der Waals surface area contributed by atoms with E-state index in [9.17, 15) is 19.2 Å². The van der Waals surface area contributed by atoms with E-state index in [1.165, 1.54) is 32.0 Å². The average molecular weight is 484 g/mol. The van der Waals surface area contributed by atoms with Crippen molar-refractivity contribution in [1.82, 2.24) is 5.32 Å². The number of hydrogen-bond acceptors (Lipinski definition) is 7. The molecule has 0 saturated carbocycles. The molecule has 1 N–H and O–H groups in total. The fraction of sp³-hybridized carbons (Fsp3) is 0.407. The van der Waals surface area contributed by atoms with Gasteiger partial charge in [-0.25, -0.2) is 0 Å². The van der Waals surface area contributed by atoms with Crippen LogP contribution < -0.4 is 19.5 Å². The molecular weight excluding hydrogens is 450 g/mol. The van der Waals surface area contributed by atoms with E-state index in [2.05, 4.69) is 5.32 Å². The second-order valence-electron chi connectivity index (χ2n) is 9.09. The number of aryl methyl sites for hydroxylation is 2. The van der Waals surface area contributed by atoms with Crippen molar-refractivity contribution in [3.8, 4) is 17.2 Å². The predicted octanol–water partition coefficient (Wildman–Crippen LogP) is 4.34. The zero-order valence-corrected chi connectivity index (χ0v) is 21.2. The van der Waals surface area contributed by atoms with Gasteiger partial charge in [0.2, 0.25) is 5.91 Å². The normalized spacial score (nSPS) is 10.9. The van der Waals surface area contributed by atoms with Crippen LogP contribution in [0.1, 0.15) is 62.0 Å². The smallest absolute Gasteiger partial charge is 0.308 e. The molecule has 0 aromatic heterocycles. The first-order valence-corrected chi connectivity index (χ1v) is 11.4. The number of ketones is 1. The minimum atomic E-state index is -0.715. The Morgan fingerprint density at radius 3 is 2.06 bits per heavy atom. The van der Waals surface area contributed by atoms with Gasteiger partial charge >= 0.3 is 11.9 Å². The van der Waals surface area contributed by atoms with Crippen LogP contribution in [-0.4, -0.2) is 36.8 Å². The van der Waals surface area contributed by atoms with E-state index in [4.69, 9.17) is 14.2 Å². The third kappa shape index (κ3) is 8.88.